The van der Waals surface area contributed by atoms with Gasteiger partial charge in [0.05, 0.1) is 0 Å². The summed E-state index contributed by atoms with van der Waals surface area (Å²) < 4.78 is 5.46. The second-order valence-corrected chi connectivity index (χ2v) is 7.31. The van der Waals surface area contributed by atoms with E-state index in [0.29, 0.717) is 9.76 Å². The fourth-order valence-corrected chi connectivity index (χ4v) is 2.12. The standard InChI is InChI=1S/C6H12OSi2/c1-5-8-7-9(3,4)6-2/h5-6H,1-2H2,3-4H3. The van der Waals surface area contributed by atoms with Crippen LogP contribution in [-0.2, 0) is 4.12 Å². The Bertz CT molecular complexity index is 110. The molecule has 0 N–H and O–H groups in total. The zero-order valence-electron chi connectivity index (χ0n) is 5.98. The molecule has 1 nitrogen and oxygen atoms in total. The summed E-state index contributed by atoms with van der Waals surface area (Å²) in [5.41, 5.74) is 3.71. The summed E-state index contributed by atoms with van der Waals surface area (Å²) in [5.74, 6) is 0. The molecular weight excluding hydrogens is 144 g/mol. The normalized spacial score (nSPS) is 10.9. The van der Waals surface area contributed by atoms with Gasteiger partial charge in [0.1, 0.15) is 0 Å². The molecule has 0 aliphatic heterocycles. The summed E-state index contributed by atoms with van der Waals surface area (Å²) in [4.78, 5) is 0. The van der Waals surface area contributed by atoms with Crippen LogP contribution in [0.25, 0.3) is 0 Å². The van der Waals surface area contributed by atoms with Gasteiger partial charge in [0.15, 0.2) is 8.32 Å². The van der Waals surface area contributed by atoms with E-state index >= 15 is 0 Å². The molecule has 0 aromatic heterocycles. The van der Waals surface area contributed by atoms with E-state index in [2.05, 4.69) is 26.3 Å². The van der Waals surface area contributed by atoms with Gasteiger partial charge in [-0.15, -0.1) is 13.2 Å². The van der Waals surface area contributed by atoms with Crippen molar-refractivity contribution in [2.75, 3.05) is 0 Å². The largest absolute Gasteiger partial charge is 0.450 e. The second-order valence-electron chi connectivity index (χ2n) is 2.23. The highest BCUT2D eigenvalue weighted by atomic mass is 28.4. The topological polar surface area (TPSA) is 9.23 Å². The first-order valence-corrected chi connectivity index (χ1v) is 6.77. The lowest BCUT2D eigenvalue weighted by atomic mass is 11.3. The summed E-state index contributed by atoms with van der Waals surface area (Å²) in [6, 6.07) is 0. The Hall–Kier alpha value is -0.126. The lowest BCUT2D eigenvalue weighted by molar-refractivity contribution is 0.614. The maximum Gasteiger partial charge on any atom is 0.248 e. The monoisotopic (exact) mass is 156 g/mol. The molecule has 2 radical (unpaired) electrons. The van der Waals surface area contributed by atoms with Gasteiger partial charge in [-0.25, -0.2) is 0 Å². The van der Waals surface area contributed by atoms with Gasteiger partial charge in [-0.3, -0.25) is 0 Å². The van der Waals surface area contributed by atoms with Crippen LogP contribution in [0.2, 0.25) is 13.1 Å². The predicted octanol–water partition coefficient (Wildman–Crippen LogP) is 1.70. The Morgan fingerprint density at radius 2 is 2.00 bits per heavy atom. The third-order valence-corrected chi connectivity index (χ3v) is 4.62. The first-order valence-electron chi connectivity index (χ1n) is 2.80. The van der Waals surface area contributed by atoms with Crippen LogP contribution in [0.4, 0.5) is 0 Å². The molecule has 0 atom stereocenters. The lowest BCUT2D eigenvalue weighted by Crippen LogP contribution is -2.28. The van der Waals surface area contributed by atoms with Crippen LogP contribution in [0.5, 0.6) is 0 Å². The zero-order valence-corrected chi connectivity index (χ0v) is 7.98. The van der Waals surface area contributed by atoms with Crippen LogP contribution in [0.3, 0.4) is 0 Å². The lowest BCUT2D eigenvalue weighted by Gasteiger charge is -2.15. The molecule has 0 aliphatic carbocycles. The molecule has 0 aliphatic rings. The minimum Gasteiger partial charge on any atom is -0.450 e. The molecule has 0 saturated carbocycles. The molecule has 0 unspecified atom stereocenters. The average molecular weight is 156 g/mol. The van der Waals surface area contributed by atoms with E-state index in [4.69, 9.17) is 4.12 Å². The summed E-state index contributed by atoms with van der Waals surface area (Å²) in [5, 5.41) is 0. The smallest absolute Gasteiger partial charge is 0.248 e. The fraction of sp³-hybridized carbons (Fsp3) is 0.333. The molecule has 0 spiro atoms. The van der Waals surface area contributed by atoms with Gasteiger partial charge in [0.2, 0.25) is 9.76 Å². The summed E-state index contributed by atoms with van der Waals surface area (Å²) in [6.45, 7) is 11.5. The molecule has 0 heterocycles. The van der Waals surface area contributed by atoms with E-state index in [1.807, 2.05) is 5.70 Å². The Kier molecular flexibility index (Phi) is 3.76. The highest BCUT2D eigenvalue weighted by Gasteiger charge is 2.15. The van der Waals surface area contributed by atoms with Crippen LogP contribution >= 0.6 is 0 Å². The minimum atomic E-state index is -1.49. The van der Waals surface area contributed by atoms with Crippen molar-refractivity contribution in [2.24, 2.45) is 0 Å². The molecule has 0 amide bonds. The Labute approximate surface area is 60.5 Å². The molecule has 0 aromatic carbocycles. The highest BCUT2D eigenvalue weighted by molar-refractivity contribution is 6.80. The quantitative estimate of drug-likeness (QED) is 0.563. The van der Waals surface area contributed by atoms with Crippen LogP contribution < -0.4 is 0 Å². The first kappa shape index (κ1) is 8.87. The van der Waals surface area contributed by atoms with Gasteiger partial charge in [0, 0.05) is 0 Å². The van der Waals surface area contributed by atoms with Crippen molar-refractivity contribution in [3.63, 3.8) is 0 Å². The molecule has 0 bridgehead atoms. The molecule has 50 valence electrons. The van der Waals surface area contributed by atoms with Crippen LogP contribution in [-0.4, -0.2) is 18.1 Å². The molecule has 9 heavy (non-hydrogen) atoms. The van der Waals surface area contributed by atoms with E-state index in [0.717, 1.165) is 0 Å². The van der Waals surface area contributed by atoms with Gasteiger partial charge in [-0.2, -0.15) is 0 Å². The van der Waals surface area contributed by atoms with Crippen molar-refractivity contribution in [1.82, 2.24) is 0 Å². The van der Waals surface area contributed by atoms with E-state index in [-0.39, 0.29) is 0 Å². The van der Waals surface area contributed by atoms with Crippen molar-refractivity contribution in [3.8, 4) is 0 Å². The molecule has 0 saturated heterocycles. The minimum absolute atomic E-state index is 0.427. The Balaban J connectivity index is 3.57. The summed E-state index contributed by atoms with van der Waals surface area (Å²) in [6.07, 6.45) is 0. The van der Waals surface area contributed by atoms with Crippen molar-refractivity contribution < 1.29 is 4.12 Å². The number of rotatable bonds is 4. The third kappa shape index (κ3) is 4.38. The van der Waals surface area contributed by atoms with Crippen LogP contribution in [0.15, 0.2) is 24.6 Å². The summed E-state index contributed by atoms with van der Waals surface area (Å²) in [7, 11) is -1.07. The van der Waals surface area contributed by atoms with Gasteiger partial charge < -0.3 is 4.12 Å². The van der Waals surface area contributed by atoms with Gasteiger partial charge in [-0.05, 0) is 13.1 Å². The van der Waals surface area contributed by atoms with E-state index in [1.54, 1.807) is 5.70 Å². The second kappa shape index (κ2) is 3.82. The molecule has 0 rings (SSSR count). The van der Waals surface area contributed by atoms with E-state index < -0.39 is 8.32 Å². The predicted molar refractivity (Wildman–Crippen MR) is 44.7 cm³/mol. The van der Waals surface area contributed by atoms with Crippen LogP contribution in [0.1, 0.15) is 0 Å². The fourth-order valence-electron chi connectivity index (χ4n) is 0.235. The van der Waals surface area contributed by atoms with Crippen molar-refractivity contribution >= 4 is 18.1 Å². The van der Waals surface area contributed by atoms with Crippen molar-refractivity contribution in [3.05, 3.63) is 24.6 Å². The van der Waals surface area contributed by atoms with Crippen molar-refractivity contribution in [1.29, 1.82) is 0 Å². The summed E-state index contributed by atoms with van der Waals surface area (Å²) >= 11 is 0. The average Bonchev–Trinajstić information content (AvgIpc) is 1.84. The van der Waals surface area contributed by atoms with Gasteiger partial charge in [0.25, 0.3) is 0 Å². The number of hydrogen-bond acceptors (Lipinski definition) is 1. The SMILES string of the molecule is C=C[Si]O[Si](C)(C)C=C. The zero-order chi connectivity index (χ0) is 7.33. The van der Waals surface area contributed by atoms with Gasteiger partial charge >= 0.3 is 0 Å². The maximum absolute atomic E-state index is 5.46. The molecule has 3 heteroatoms. The van der Waals surface area contributed by atoms with Crippen molar-refractivity contribution in [2.45, 2.75) is 13.1 Å². The third-order valence-electron chi connectivity index (χ3n) is 0.897. The first-order chi connectivity index (χ1) is 4.12. The Morgan fingerprint density at radius 3 is 2.33 bits per heavy atom. The van der Waals surface area contributed by atoms with Gasteiger partial charge in [-0.1, -0.05) is 11.4 Å². The molecule has 0 aromatic rings. The Morgan fingerprint density at radius 1 is 1.44 bits per heavy atom. The molecule has 0 fully saturated rings. The van der Waals surface area contributed by atoms with Crippen LogP contribution in [0, 0.1) is 0 Å². The number of hydrogen-bond donors (Lipinski definition) is 0. The highest BCUT2D eigenvalue weighted by Crippen LogP contribution is 2.02. The van der Waals surface area contributed by atoms with E-state index in [1.165, 1.54) is 0 Å². The molecular formula is C6H12OSi2. The maximum atomic E-state index is 5.46. The van der Waals surface area contributed by atoms with E-state index in [9.17, 15) is 0 Å².